The van der Waals surface area contributed by atoms with Crippen LogP contribution < -0.4 is 0 Å². The number of hydrogen-bond donors (Lipinski definition) is 2. The van der Waals surface area contributed by atoms with E-state index in [2.05, 4.69) is 79.9 Å². The normalized spacial score (nSPS) is 10.6. The molecule has 0 nitrogen and oxygen atoms in total. The lowest BCUT2D eigenvalue weighted by Gasteiger charge is -2.09. The lowest BCUT2D eigenvalue weighted by molar-refractivity contribution is 1.13. The van der Waals surface area contributed by atoms with Crippen molar-refractivity contribution in [3.63, 3.8) is 0 Å². The Hall–Kier alpha value is -1.64. The van der Waals surface area contributed by atoms with Gasteiger partial charge in [-0.2, -0.15) is 0 Å². The molecule has 3 rings (SSSR count). The second-order valence-corrected chi connectivity index (χ2v) is 6.05. The number of thiol groups is 2. The molecule has 0 fully saturated rings. The molecule has 0 spiro atoms. The molecular weight excluding hydrogens is 292 g/mol. The number of rotatable bonds is 3. The van der Waals surface area contributed by atoms with Crippen LogP contribution in [0.1, 0.15) is 11.1 Å². The van der Waals surface area contributed by atoms with Gasteiger partial charge in [0, 0.05) is 9.79 Å². The zero-order chi connectivity index (χ0) is 14.7. The van der Waals surface area contributed by atoms with Crippen molar-refractivity contribution in [2.75, 3.05) is 0 Å². The van der Waals surface area contributed by atoms with Gasteiger partial charge in [0.15, 0.2) is 0 Å². The minimum Gasteiger partial charge on any atom is -0.143 e. The van der Waals surface area contributed by atoms with E-state index < -0.39 is 0 Å². The maximum absolute atomic E-state index is 4.59. The number of hydrogen-bond acceptors (Lipinski definition) is 2. The first-order chi connectivity index (χ1) is 10.2. The summed E-state index contributed by atoms with van der Waals surface area (Å²) in [6.07, 6.45) is 0.901. The Morgan fingerprint density at radius 2 is 1.33 bits per heavy atom. The van der Waals surface area contributed by atoms with E-state index in [1.54, 1.807) is 0 Å². The van der Waals surface area contributed by atoms with E-state index in [-0.39, 0.29) is 0 Å². The first-order valence-corrected chi connectivity index (χ1v) is 7.77. The summed E-state index contributed by atoms with van der Waals surface area (Å²) < 4.78 is 0. The summed E-state index contributed by atoms with van der Waals surface area (Å²) in [5.41, 5.74) is 4.97. The molecule has 2 heteroatoms. The van der Waals surface area contributed by atoms with Crippen LogP contribution in [0.2, 0.25) is 0 Å². The predicted octanol–water partition coefficient (Wildman–Crippen LogP) is 5.52. The highest BCUT2D eigenvalue weighted by molar-refractivity contribution is 7.80. The Kier molecular flexibility index (Phi) is 4.37. The Morgan fingerprint density at radius 1 is 0.667 bits per heavy atom. The molecule has 0 aliphatic rings. The molecule has 0 N–H and O–H groups in total. The van der Waals surface area contributed by atoms with Crippen LogP contribution in [-0.4, -0.2) is 0 Å². The molecule has 0 amide bonds. The third kappa shape index (κ3) is 3.52. The first-order valence-electron chi connectivity index (χ1n) is 6.87. The fourth-order valence-electron chi connectivity index (χ4n) is 2.38. The molecule has 3 aromatic carbocycles. The summed E-state index contributed by atoms with van der Waals surface area (Å²) in [4.78, 5) is 2.02. The fraction of sp³-hybridized carbons (Fsp3) is 0.0526. The molecule has 0 aromatic heterocycles. The van der Waals surface area contributed by atoms with E-state index in [0.717, 1.165) is 16.2 Å². The van der Waals surface area contributed by atoms with E-state index in [0.29, 0.717) is 0 Å². The van der Waals surface area contributed by atoms with E-state index in [1.165, 1.54) is 22.3 Å². The monoisotopic (exact) mass is 308 g/mol. The topological polar surface area (TPSA) is 0 Å². The molecule has 0 bridgehead atoms. The minimum atomic E-state index is 0.901. The minimum absolute atomic E-state index is 0.901. The van der Waals surface area contributed by atoms with Gasteiger partial charge in [-0.05, 0) is 52.9 Å². The van der Waals surface area contributed by atoms with Crippen LogP contribution in [0.15, 0.2) is 82.6 Å². The Bertz CT molecular complexity index is 731. The molecule has 0 atom stereocenters. The zero-order valence-corrected chi connectivity index (χ0v) is 13.3. The van der Waals surface area contributed by atoms with Gasteiger partial charge in [-0.15, -0.1) is 25.3 Å². The lowest BCUT2D eigenvalue weighted by atomic mass is 9.99. The molecule has 0 aliphatic carbocycles. The average Bonchev–Trinajstić information content (AvgIpc) is 2.51. The average molecular weight is 308 g/mol. The van der Waals surface area contributed by atoms with E-state index >= 15 is 0 Å². The Morgan fingerprint density at radius 3 is 2.05 bits per heavy atom. The van der Waals surface area contributed by atoms with Crippen LogP contribution in [-0.2, 0) is 6.42 Å². The van der Waals surface area contributed by atoms with Crippen molar-refractivity contribution in [2.45, 2.75) is 16.2 Å². The highest BCUT2D eigenvalue weighted by atomic mass is 32.1. The Labute approximate surface area is 136 Å². The van der Waals surface area contributed by atoms with Gasteiger partial charge in [0.05, 0.1) is 0 Å². The van der Waals surface area contributed by atoms with Crippen LogP contribution in [0.5, 0.6) is 0 Å². The molecule has 21 heavy (non-hydrogen) atoms. The van der Waals surface area contributed by atoms with Crippen molar-refractivity contribution in [1.82, 2.24) is 0 Å². The van der Waals surface area contributed by atoms with E-state index in [1.807, 2.05) is 18.2 Å². The highest BCUT2D eigenvalue weighted by Crippen LogP contribution is 2.26. The summed E-state index contributed by atoms with van der Waals surface area (Å²) in [5.74, 6) is 0. The number of benzene rings is 3. The van der Waals surface area contributed by atoms with Crippen LogP contribution in [0.4, 0.5) is 0 Å². The molecule has 3 aromatic rings. The molecule has 104 valence electrons. The van der Waals surface area contributed by atoms with Gasteiger partial charge < -0.3 is 0 Å². The van der Waals surface area contributed by atoms with Gasteiger partial charge in [0.2, 0.25) is 0 Å². The van der Waals surface area contributed by atoms with Crippen LogP contribution in [0.3, 0.4) is 0 Å². The lowest BCUT2D eigenvalue weighted by Crippen LogP contribution is -1.91. The molecule has 0 unspecified atom stereocenters. The van der Waals surface area contributed by atoms with Crippen LogP contribution in [0, 0.1) is 0 Å². The van der Waals surface area contributed by atoms with Gasteiger partial charge in [-0.1, -0.05) is 48.5 Å². The van der Waals surface area contributed by atoms with Crippen molar-refractivity contribution in [3.05, 3.63) is 83.9 Å². The van der Waals surface area contributed by atoms with Crippen molar-refractivity contribution in [3.8, 4) is 11.1 Å². The SMILES string of the molecule is Sc1ccc(-c2ccc(S)c(Cc3ccccc3)c2)cc1. The summed E-state index contributed by atoms with van der Waals surface area (Å²) in [5, 5.41) is 0. The highest BCUT2D eigenvalue weighted by Gasteiger charge is 2.04. The summed E-state index contributed by atoms with van der Waals surface area (Å²) in [6, 6.07) is 25.1. The summed E-state index contributed by atoms with van der Waals surface area (Å²) >= 11 is 8.93. The molecule has 0 saturated carbocycles. The second-order valence-electron chi connectivity index (χ2n) is 5.05. The smallest absolute Gasteiger partial charge is 0.00758 e. The first kappa shape index (κ1) is 14.3. The van der Waals surface area contributed by atoms with Crippen molar-refractivity contribution < 1.29 is 0 Å². The van der Waals surface area contributed by atoms with Crippen molar-refractivity contribution >= 4 is 25.3 Å². The standard InChI is InChI=1S/C19H16S2/c20-18-9-6-15(7-10-18)16-8-11-19(21)17(13-16)12-14-4-2-1-3-5-14/h1-11,13,20-21H,12H2. The summed E-state index contributed by atoms with van der Waals surface area (Å²) in [7, 11) is 0. The van der Waals surface area contributed by atoms with Gasteiger partial charge >= 0.3 is 0 Å². The van der Waals surface area contributed by atoms with Gasteiger partial charge in [0.25, 0.3) is 0 Å². The summed E-state index contributed by atoms with van der Waals surface area (Å²) in [6.45, 7) is 0. The maximum Gasteiger partial charge on any atom is 0.00758 e. The van der Waals surface area contributed by atoms with E-state index in [9.17, 15) is 0 Å². The molecular formula is C19H16S2. The van der Waals surface area contributed by atoms with Crippen molar-refractivity contribution in [2.24, 2.45) is 0 Å². The zero-order valence-electron chi connectivity index (χ0n) is 11.5. The second kappa shape index (κ2) is 6.42. The molecule has 0 heterocycles. The largest absolute Gasteiger partial charge is 0.143 e. The quantitative estimate of drug-likeness (QED) is 0.585. The molecule has 0 saturated heterocycles. The van der Waals surface area contributed by atoms with Gasteiger partial charge in [-0.25, -0.2) is 0 Å². The van der Waals surface area contributed by atoms with Crippen LogP contribution in [0.25, 0.3) is 11.1 Å². The third-order valence-corrected chi connectivity index (χ3v) is 4.25. The fourth-order valence-corrected chi connectivity index (χ4v) is 2.74. The van der Waals surface area contributed by atoms with Gasteiger partial charge in [0.1, 0.15) is 0 Å². The van der Waals surface area contributed by atoms with Crippen LogP contribution >= 0.6 is 25.3 Å². The van der Waals surface area contributed by atoms with Crippen molar-refractivity contribution in [1.29, 1.82) is 0 Å². The molecule has 0 radical (unpaired) electrons. The third-order valence-electron chi connectivity index (χ3n) is 3.52. The predicted molar refractivity (Wildman–Crippen MR) is 95.6 cm³/mol. The van der Waals surface area contributed by atoms with E-state index in [4.69, 9.17) is 0 Å². The maximum atomic E-state index is 4.59. The van der Waals surface area contributed by atoms with Gasteiger partial charge in [-0.3, -0.25) is 0 Å². The molecule has 0 aliphatic heterocycles. The Balaban J connectivity index is 1.94.